The van der Waals surface area contributed by atoms with Gasteiger partial charge in [-0.05, 0) is 45.1 Å². The molecule has 1 heterocycles. The second-order valence-electron chi connectivity index (χ2n) is 9.64. The summed E-state index contributed by atoms with van der Waals surface area (Å²) in [7, 11) is 0. The van der Waals surface area contributed by atoms with E-state index in [4.69, 9.17) is 4.74 Å². The van der Waals surface area contributed by atoms with Crippen LogP contribution in [-0.2, 0) is 11.3 Å². The molecule has 1 amide bonds. The molecule has 1 aliphatic carbocycles. The number of carbonyl (C=O) groups is 1. The van der Waals surface area contributed by atoms with Gasteiger partial charge in [-0.3, -0.25) is 0 Å². The zero-order chi connectivity index (χ0) is 22.4. The van der Waals surface area contributed by atoms with Gasteiger partial charge in [-0.25, -0.2) is 4.79 Å². The fourth-order valence-electron chi connectivity index (χ4n) is 4.90. The number of fused-ring (bicyclic) bond motifs is 1. The monoisotopic (exact) mass is 425 g/mol. The van der Waals surface area contributed by atoms with Gasteiger partial charge in [0.1, 0.15) is 6.10 Å². The first-order valence-corrected chi connectivity index (χ1v) is 12.0. The average Bonchev–Trinajstić information content (AvgIpc) is 2.71. The third kappa shape index (κ3) is 5.96. The van der Waals surface area contributed by atoms with Crippen molar-refractivity contribution in [2.24, 2.45) is 28.0 Å². The van der Waals surface area contributed by atoms with E-state index in [0.29, 0.717) is 24.3 Å². The summed E-state index contributed by atoms with van der Waals surface area (Å²) < 4.78 is 5.99. The normalized spacial score (nSPS) is 22.7. The molecule has 31 heavy (non-hydrogen) atoms. The van der Waals surface area contributed by atoms with Crippen LogP contribution in [0.3, 0.4) is 0 Å². The molecule has 5 nitrogen and oxygen atoms in total. The highest BCUT2D eigenvalue weighted by Gasteiger charge is 2.38. The highest BCUT2D eigenvalue weighted by Crippen LogP contribution is 2.36. The first-order valence-electron chi connectivity index (χ1n) is 12.0. The molecule has 3 rings (SSSR count). The summed E-state index contributed by atoms with van der Waals surface area (Å²) in [5.41, 5.74) is 3.28. The largest absolute Gasteiger partial charge is 0.440 e. The second-order valence-corrected chi connectivity index (χ2v) is 9.64. The van der Waals surface area contributed by atoms with Crippen LogP contribution in [0.4, 0.5) is 4.79 Å². The van der Waals surface area contributed by atoms with Crippen LogP contribution in [0.15, 0.2) is 40.5 Å². The molecular weight excluding hydrogens is 386 g/mol. The van der Waals surface area contributed by atoms with Crippen molar-refractivity contribution in [3.05, 3.63) is 35.9 Å². The van der Waals surface area contributed by atoms with Crippen LogP contribution in [0, 0.1) is 17.8 Å². The molecule has 0 saturated heterocycles. The zero-order valence-electron chi connectivity index (χ0n) is 19.9. The van der Waals surface area contributed by atoms with Crippen molar-refractivity contribution >= 4 is 17.5 Å². The smallest absolute Gasteiger partial charge is 0.410 e. The maximum absolute atomic E-state index is 13.1. The Morgan fingerprint density at radius 3 is 2.10 bits per heavy atom. The third-order valence-electron chi connectivity index (χ3n) is 6.65. The van der Waals surface area contributed by atoms with E-state index in [1.165, 1.54) is 31.4 Å². The Balaban J connectivity index is 1.76. The minimum atomic E-state index is -0.367. The number of hydrogen-bond acceptors (Lipinski definition) is 4. The molecule has 1 fully saturated rings. The number of hydrogen-bond donors (Lipinski definition) is 0. The van der Waals surface area contributed by atoms with Gasteiger partial charge in [0.25, 0.3) is 0 Å². The molecule has 3 unspecified atom stereocenters. The van der Waals surface area contributed by atoms with Crippen molar-refractivity contribution < 1.29 is 9.53 Å². The van der Waals surface area contributed by atoms with Crippen molar-refractivity contribution in [2.45, 2.75) is 91.8 Å². The molecule has 1 aliphatic heterocycles. The Bertz CT molecular complexity index is 785. The van der Waals surface area contributed by atoms with E-state index in [2.05, 4.69) is 24.1 Å². The number of amides is 1. The standard InChI is InChI=1S/C26H39N3O2/c1-18(2)24-22-15-11-6-7-12-16-23(22)25(28-27-24)20(5)31-26(30)29(19(3)4)17-21-13-9-8-10-14-21/h8-10,13-14,18-20,22-23H,6-7,11-12,15-17H2,1-5H3. The van der Waals surface area contributed by atoms with Crippen LogP contribution in [0.2, 0.25) is 0 Å². The minimum Gasteiger partial charge on any atom is -0.440 e. The molecule has 1 aromatic carbocycles. The van der Waals surface area contributed by atoms with Gasteiger partial charge < -0.3 is 9.64 Å². The van der Waals surface area contributed by atoms with E-state index in [1.54, 1.807) is 4.90 Å². The summed E-state index contributed by atoms with van der Waals surface area (Å²) in [4.78, 5) is 14.9. The first kappa shape index (κ1) is 23.5. The number of ether oxygens (including phenoxy) is 1. The van der Waals surface area contributed by atoms with Gasteiger partial charge in [0, 0.05) is 30.1 Å². The predicted molar refractivity (Wildman–Crippen MR) is 127 cm³/mol. The molecule has 0 bridgehead atoms. The van der Waals surface area contributed by atoms with Gasteiger partial charge in [-0.15, -0.1) is 0 Å². The van der Waals surface area contributed by atoms with Gasteiger partial charge in [-0.1, -0.05) is 69.9 Å². The molecule has 0 aromatic heterocycles. The van der Waals surface area contributed by atoms with Gasteiger partial charge in [0.05, 0.1) is 5.71 Å². The maximum Gasteiger partial charge on any atom is 0.410 e. The van der Waals surface area contributed by atoms with Crippen molar-refractivity contribution in [3.63, 3.8) is 0 Å². The zero-order valence-corrected chi connectivity index (χ0v) is 19.9. The number of carbonyl (C=O) groups excluding carboxylic acids is 1. The van der Waals surface area contributed by atoms with Crippen LogP contribution in [-0.4, -0.2) is 34.6 Å². The van der Waals surface area contributed by atoms with Crippen LogP contribution in [0.5, 0.6) is 0 Å². The van der Waals surface area contributed by atoms with E-state index in [-0.39, 0.29) is 18.2 Å². The van der Waals surface area contributed by atoms with Crippen molar-refractivity contribution in [1.82, 2.24) is 4.90 Å². The molecule has 0 N–H and O–H groups in total. The molecule has 3 atom stereocenters. The van der Waals surface area contributed by atoms with E-state index in [0.717, 1.165) is 24.1 Å². The summed E-state index contributed by atoms with van der Waals surface area (Å²) in [6.07, 6.45) is 6.64. The number of benzene rings is 1. The Morgan fingerprint density at radius 2 is 1.52 bits per heavy atom. The molecule has 5 heteroatoms. The fraction of sp³-hybridized carbons (Fsp3) is 0.654. The summed E-state index contributed by atoms with van der Waals surface area (Å²) in [6, 6.07) is 10.1. The van der Waals surface area contributed by atoms with Crippen LogP contribution in [0.25, 0.3) is 0 Å². The van der Waals surface area contributed by atoms with Crippen LogP contribution in [0.1, 0.15) is 78.7 Å². The Hall–Kier alpha value is -2.17. The topological polar surface area (TPSA) is 54.3 Å². The fourth-order valence-corrected chi connectivity index (χ4v) is 4.90. The molecule has 2 aliphatic rings. The summed E-state index contributed by atoms with van der Waals surface area (Å²) in [5, 5.41) is 9.28. The van der Waals surface area contributed by atoms with Crippen LogP contribution >= 0.6 is 0 Å². The van der Waals surface area contributed by atoms with E-state index in [1.807, 2.05) is 51.1 Å². The van der Waals surface area contributed by atoms with Gasteiger partial charge >= 0.3 is 6.09 Å². The van der Waals surface area contributed by atoms with Gasteiger partial charge in [0.2, 0.25) is 0 Å². The first-order chi connectivity index (χ1) is 14.9. The Labute approximate surface area is 188 Å². The maximum atomic E-state index is 13.1. The summed E-state index contributed by atoms with van der Waals surface area (Å²) in [5.74, 6) is 1.16. The van der Waals surface area contributed by atoms with E-state index < -0.39 is 0 Å². The Morgan fingerprint density at radius 1 is 0.935 bits per heavy atom. The highest BCUT2D eigenvalue weighted by atomic mass is 16.6. The van der Waals surface area contributed by atoms with Gasteiger partial charge in [0.15, 0.2) is 0 Å². The predicted octanol–water partition coefficient (Wildman–Crippen LogP) is 6.48. The lowest BCUT2D eigenvalue weighted by atomic mass is 9.72. The molecule has 0 spiro atoms. The van der Waals surface area contributed by atoms with Crippen LogP contribution < -0.4 is 0 Å². The summed E-state index contributed by atoms with van der Waals surface area (Å²) in [6.45, 7) is 11.0. The van der Waals surface area contributed by atoms with Crippen molar-refractivity contribution in [2.75, 3.05) is 0 Å². The molecule has 170 valence electrons. The number of nitrogens with zero attached hydrogens (tertiary/aromatic N) is 3. The van der Waals surface area contributed by atoms with E-state index >= 15 is 0 Å². The molecule has 1 aromatic rings. The SMILES string of the molecule is CC(C)C1=NN=C(C(C)OC(=O)N(Cc2ccccc2)C(C)C)C2CCCCCCC12. The third-order valence-corrected chi connectivity index (χ3v) is 6.65. The molecular formula is C26H39N3O2. The molecule has 1 saturated carbocycles. The molecule has 0 radical (unpaired) electrons. The van der Waals surface area contributed by atoms with Crippen molar-refractivity contribution in [3.8, 4) is 0 Å². The number of rotatable bonds is 6. The van der Waals surface area contributed by atoms with E-state index in [9.17, 15) is 4.79 Å². The minimum absolute atomic E-state index is 0.0490. The summed E-state index contributed by atoms with van der Waals surface area (Å²) >= 11 is 0. The second kappa shape index (κ2) is 10.9. The lowest BCUT2D eigenvalue weighted by Gasteiger charge is -2.37. The lowest BCUT2D eigenvalue weighted by Crippen LogP contribution is -2.44. The lowest BCUT2D eigenvalue weighted by molar-refractivity contribution is 0.0766. The van der Waals surface area contributed by atoms with Gasteiger partial charge in [-0.2, -0.15) is 10.2 Å². The Kier molecular flexibility index (Phi) is 8.28. The quantitative estimate of drug-likeness (QED) is 0.524. The highest BCUT2D eigenvalue weighted by molar-refractivity contribution is 6.01. The van der Waals surface area contributed by atoms with Crippen molar-refractivity contribution in [1.29, 1.82) is 0 Å². The average molecular weight is 426 g/mol.